The van der Waals surface area contributed by atoms with E-state index in [0.717, 1.165) is 0 Å². The maximum absolute atomic E-state index is 11.4. The van der Waals surface area contributed by atoms with Gasteiger partial charge in [-0.15, -0.1) is 0 Å². The van der Waals surface area contributed by atoms with E-state index in [1.807, 2.05) is 6.07 Å². The molecular formula is C13H13N3O3. The van der Waals surface area contributed by atoms with Crippen LogP contribution in [0.2, 0.25) is 0 Å². The van der Waals surface area contributed by atoms with Gasteiger partial charge in [-0.2, -0.15) is 5.26 Å². The van der Waals surface area contributed by atoms with E-state index in [-0.39, 0.29) is 11.6 Å². The highest BCUT2D eigenvalue weighted by molar-refractivity contribution is 5.91. The quantitative estimate of drug-likeness (QED) is 0.366. The number of benzene rings is 1. The van der Waals surface area contributed by atoms with E-state index in [9.17, 15) is 14.9 Å². The summed E-state index contributed by atoms with van der Waals surface area (Å²) in [4.78, 5) is 21.3. The molecule has 19 heavy (non-hydrogen) atoms. The number of amides is 1. The van der Waals surface area contributed by atoms with E-state index in [1.165, 1.54) is 18.2 Å². The van der Waals surface area contributed by atoms with Crippen LogP contribution in [0.1, 0.15) is 18.4 Å². The third-order valence-electron chi connectivity index (χ3n) is 2.30. The Morgan fingerprint density at radius 2 is 2.11 bits per heavy atom. The minimum absolute atomic E-state index is 0.0121. The molecule has 0 bridgehead atoms. The maximum atomic E-state index is 11.4. The number of hydrogen-bond donors (Lipinski definition) is 1. The molecule has 0 fully saturated rings. The monoisotopic (exact) mass is 259 g/mol. The highest BCUT2D eigenvalue weighted by atomic mass is 16.6. The van der Waals surface area contributed by atoms with Crippen molar-refractivity contribution in [2.45, 2.75) is 12.8 Å². The zero-order valence-electron chi connectivity index (χ0n) is 10.2. The predicted molar refractivity (Wildman–Crippen MR) is 70.0 cm³/mol. The molecule has 0 aliphatic carbocycles. The second-order valence-electron chi connectivity index (χ2n) is 3.73. The molecule has 0 saturated carbocycles. The number of nitrogens with one attached hydrogen (secondary N) is 1. The summed E-state index contributed by atoms with van der Waals surface area (Å²) in [6.07, 6.45) is 3.96. The molecule has 0 heterocycles. The van der Waals surface area contributed by atoms with Crippen molar-refractivity contribution in [1.29, 1.82) is 5.26 Å². The van der Waals surface area contributed by atoms with E-state index in [1.54, 1.807) is 18.2 Å². The minimum Gasteiger partial charge on any atom is -0.353 e. The molecule has 0 aromatic heterocycles. The van der Waals surface area contributed by atoms with E-state index >= 15 is 0 Å². The van der Waals surface area contributed by atoms with E-state index in [4.69, 9.17) is 5.26 Å². The molecule has 1 aromatic rings. The Hall–Kier alpha value is -2.68. The lowest BCUT2D eigenvalue weighted by molar-refractivity contribution is -0.384. The van der Waals surface area contributed by atoms with Gasteiger partial charge in [-0.25, -0.2) is 0 Å². The number of nitriles is 1. The largest absolute Gasteiger partial charge is 0.353 e. The Bertz CT molecular complexity index is 515. The first-order valence-corrected chi connectivity index (χ1v) is 5.71. The summed E-state index contributed by atoms with van der Waals surface area (Å²) in [5, 5.41) is 21.4. The number of carbonyl (C=O) groups excluding carboxylic acids is 1. The van der Waals surface area contributed by atoms with Crippen molar-refractivity contribution in [2.75, 3.05) is 6.54 Å². The fourth-order valence-corrected chi connectivity index (χ4v) is 1.32. The van der Waals surface area contributed by atoms with Gasteiger partial charge in [-0.1, -0.05) is 0 Å². The molecule has 0 aliphatic heterocycles. The van der Waals surface area contributed by atoms with Crippen LogP contribution in [0.4, 0.5) is 5.69 Å². The van der Waals surface area contributed by atoms with E-state index in [0.29, 0.717) is 24.9 Å². The molecule has 0 radical (unpaired) electrons. The second kappa shape index (κ2) is 7.61. The van der Waals surface area contributed by atoms with Crippen LogP contribution < -0.4 is 5.32 Å². The average molecular weight is 259 g/mol. The van der Waals surface area contributed by atoms with Gasteiger partial charge in [0.15, 0.2) is 0 Å². The molecule has 1 aromatic carbocycles. The average Bonchev–Trinajstić information content (AvgIpc) is 2.42. The smallest absolute Gasteiger partial charge is 0.269 e. The minimum atomic E-state index is -0.477. The first-order chi connectivity index (χ1) is 9.13. The van der Waals surface area contributed by atoms with Crippen LogP contribution in [0.5, 0.6) is 0 Å². The zero-order chi connectivity index (χ0) is 14.1. The molecule has 1 rings (SSSR count). The number of non-ortho nitro benzene ring substituents is 1. The van der Waals surface area contributed by atoms with Crippen LogP contribution in [-0.4, -0.2) is 17.4 Å². The van der Waals surface area contributed by atoms with Crippen molar-refractivity contribution in [3.05, 3.63) is 46.0 Å². The number of carbonyl (C=O) groups is 1. The number of rotatable bonds is 6. The predicted octanol–water partition coefficient (Wildman–Crippen LogP) is 2.03. The SMILES string of the molecule is N#CCCCNC(=O)C=Cc1ccc([N+](=O)[O-])cc1. The third kappa shape index (κ3) is 5.46. The lowest BCUT2D eigenvalue weighted by Crippen LogP contribution is -2.21. The van der Waals surface area contributed by atoms with Crippen molar-refractivity contribution in [1.82, 2.24) is 5.32 Å². The van der Waals surface area contributed by atoms with Gasteiger partial charge in [0, 0.05) is 31.2 Å². The summed E-state index contributed by atoms with van der Waals surface area (Å²) >= 11 is 0. The van der Waals surface area contributed by atoms with Crippen LogP contribution in [0.25, 0.3) is 6.08 Å². The van der Waals surface area contributed by atoms with Gasteiger partial charge >= 0.3 is 0 Å². The van der Waals surface area contributed by atoms with Crippen molar-refractivity contribution in [3.63, 3.8) is 0 Å². The standard InChI is InChI=1S/C13H13N3O3/c14-9-1-2-10-15-13(17)8-5-11-3-6-12(7-4-11)16(18)19/h3-8H,1-2,10H2,(H,15,17). The summed E-state index contributed by atoms with van der Waals surface area (Å²) in [6, 6.07) is 7.88. The van der Waals surface area contributed by atoms with Gasteiger partial charge < -0.3 is 5.32 Å². The summed E-state index contributed by atoms with van der Waals surface area (Å²) < 4.78 is 0. The lowest BCUT2D eigenvalue weighted by Gasteiger charge is -1.98. The van der Waals surface area contributed by atoms with Crippen molar-refractivity contribution < 1.29 is 9.72 Å². The highest BCUT2D eigenvalue weighted by Crippen LogP contribution is 2.12. The zero-order valence-corrected chi connectivity index (χ0v) is 10.2. The Balaban J connectivity index is 2.45. The van der Waals surface area contributed by atoms with Crippen molar-refractivity contribution in [3.8, 4) is 6.07 Å². The van der Waals surface area contributed by atoms with Gasteiger partial charge in [0.1, 0.15) is 0 Å². The summed E-state index contributed by atoms with van der Waals surface area (Å²) in [7, 11) is 0. The number of nitro groups is 1. The lowest BCUT2D eigenvalue weighted by atomic mass is 10.2. The van der Waals surface area contributed by atoms with E-state index < -0.39 is 4.92 Å². The second-order valence-corrected chi connectivity index (χ2v) is 3.73. The Labute approximate surface area is 110 Å². The molecule has 6 nitrogen and oxygen atoms in total. The molecule has 0 spiro atoms. The third-order valence-corrected chi connectivity index (χ3v) is 2.30. The highest BCUT2D eigenvalue weighted by Gasteiger charge is 2.02. The number of hydrogen-bond acceptors (Lipinski definition) is 4. The van der Waals surface area contributed by atoms with Crippen LogP contribution in [-0.2, 0) is 4.79 Å². The summed E-state index contributed by atoms with van der Waals surface area (Å²) in [5.41, 5.74) is 0.718. The normalized spacial score (nSPS) is 10.1. The molecule has 1 N–H and O–H groups in total. The van der Waals surface area contributed by atoms with Gasteiger partial charge in [0.2, 0.25) is 5.91 Å². The van der Waals surface area contributed by atoms with Gasteiger partial charge in [0.25, 0.3) is 5.69 Å². The molecule has 98 valence electrons. The molecule has 0 aliphatic rings. The van der Waals surface area contributed by atoms with Crippen LogP contribution >= 0.6 is 0 Å². The number of nitrogens with zero attached hydrogens (tertiary/aromatic N) is 2. The Morgan fingerprint density at radius 3 is 2.68 bits per heavy atom. The first kappa shape index (κ1) is 14.4. The molecular weight excluding hydrogens is 246 g/mol. The van der Waals surface area contributed by atoms with Crippen LogP contribution in [0, 0.1) is 21.4 Å². The van der Waals surface area contributed by atoms with Crippen LogP contribution in [0.3, 0.4) is 0 Å². The fraction of sp³-hybridized carbons (Fsp3) is 0.231. The topological polar surface area (TPSA) is 96.0 Å². The molecule has 0 atom stereocenters. The fourth-order valence-electron chi connectivity index (χ4n) is 1.32. The van der Waals surface area contributed by atoms with Crippen LogP contribution in [0.15, 0.2) is 30.3 Å². The molecule has 0 unspecified atom stereocenters. The van der Waals surface area contributed by atoms with Gasteiger partial charge in [0.05, 0.1) is 11.0 Å². The maximum Gasteiger partial charge on any atom is 0.269 e. The molecule has 0 saturated heterocycles. The van der Waals surface area contributed by atoms with E-state index in [2.05, 4.69) is 5.32 Å². The summed E-state index contributed by atoms with van der Waals surface area (Å²) in [6.45, 7) is 0.455. The molecule has 6 heteroatoms. The summed E-state index contributed by atoms with van der Waals surface area (Å²) in [5.74, 6) is -0.253. The van der Waals surface area contributed by atoms with Crippen molar-refractivity contribution >= 4 is 17.7 Å². The Kier molecular flexibility index (Phi) is 5.76. The number of unbranched alkanes of at least 4 members (excludes halogenated alkanes) is 1. The van der Waals surface area contributed by atoms with Gasteiger partial charge in [-0.3, -0.25) is 14.9 Å². The van der Waals surface area contributed by atoms with Crippen molar-refractivity contribution in [2.24, 2.45) is 0 Å². The Morgan fingerprint density at radius 1 is 1.42 bits per heavy atom. The van der Waals surface area contributed by atoms with Gasteiger partial charge in [-0.05, 0) is 30.2 Å². The first-order valence-electron chi connectivity index (χ1n) is 5.71. The molecule has 1 amide bonds. The number of nitro benzene ring substituents is 1.